The summed E-state index contributed by atoms with van der Waals surface area (Å²) in [7, 11) is 4.09. The Morgan fingerprint density at radius 2 is 2.26 bits per heavy atom. The first-order valence-corrected chi connectivity index (χ1v) is 7.11. The topological polar surface area (TPSA) is 67.1 Å². The fourth-order valence-electron chi connectivity index (χ4n) is 1.79. The third-order valence-electron chi connectivity index (χ3n) is 2.74. The lowest BCUT2D eigenvalue weighted by atomic mass is 10.1. The molecule has 0 unspecified atom stereocenters. The van der Waals surface area contributed by atoms with Crippen LogP contribution in [0.4, 0.5) is 11.8 Å². The normalized spacial score (nSPS) is 12.6. The zero-order chi connectivity index (χ0) is 13.8. The average molecular weight is 298 g/mol. The number of thiophene rings is 1. The Kier molecular flexibility index (Phi) is 4.57. The molecule has 1 atom stereocenters. The fourth-order valence-corrected chi connectivity index (χ4v) is 2.69. The number of nitrogens with two attached hydrogens (primary N) is 1. The van der Waals surface area contributed by atoms with E-state index in [0.29, 0.717) is 11.0 Å². The first-order chi connectivity index (χ1) is 9.06. The van der Waals surface area contributed by atoms with E-state index in [1.165, 1.54) is 5.56 Å². The minimum absolute atomic E-state index is 0.173. The molecule has 102 valence electrons. The quantitative estimate of drug-likeness (QED) is 0.830. The van der Waals surface area contributed by atoms with Crippen LogP contribution in [-0.4, -0.2) is 35.5 Å². The van der Waals surface area contributed by atoms with Gasteiger partial charge in [-0.05, 0) is 36.5 Å². The highest BCUT2D eigenvalue weighted by atomic mass is 35.5. The van der Waals surface area contributed by atoms with Crippen LogP contribution >= 0.6 is 22.9 Å². The number of nitrogen functional groups attached to an aromatic ring is 1. The Hall–Kier alpha value is -1.37. The molecule has 2 aromatic rings. The lowest BCUT2D eigenvalue weighted by molar-refractivity contribution is 0.312. The second-order valence-electron chi connectivity index (χ2n) is 4.35. The van der Waals surface area contributed by atoms with Crippen molar-refractivity contribution in [3.05, 3.63) is 33.6 Å². The van der Waals surface area contributed by atoms with Crippen LogP contribution in [0.15, 0.2) is 22.9 Å². The molecule has 2 aromatic heterocycles. The maximum Gasteiger partial charge on any atom is 0.223 e. The highest BCUT2D eigenvalue weighted by molar-refractivity contribution is 7.07. The summed E-state index contributed by atoms with van der Waals surface area (Å²) in [5.41, 5.74) is 6.84. The summed E-state index contributed by atoms with van der Waals surface area (Å²) in [5.74, 6) is 0.812. The highest BCUT2D eigenvalue weighted by Crippen LogP contribution is 2.22. The molecule has 0 spiro atoms. The van der Waals surface area contributed by atoms with Gasteiger partial charge >= 0.3 is 0 Å². The predicted octanol–water partition coefficient (Wildman–Crippen LogP) is 2.49. The molecule has 0 amide bonds. The van der Waals surface area contributed by atoms with Gasteiger partial charge in [0.15, 0.2) is 0 Å². The molecule has 0 saturated carbocycles. The zero-order valence-electron chi connectivity index (χ0n) is 10.8. The van der Waals surface area contributed by atoms with E-state index in [1.807, 2.05) is 14.1 Å². The van der Waals surface area contributed by atoms with E-state index in [-0.39, 0.29) is 12.0 Å². The van der Waals surface area contributed by atoms with Crippen LogP contribution in [0.25, 0.3) is 0 Å². The van der Waals surface area contributed by atoms with Gasteiger partial charge < -0.3 is 16.0 Å². The number of aromatic nitrogens is 2. The number of nitrogens with one attached hydrogen (secondary N) is 1. The summed E-state index contributed by atoms with van der Waals surface area (Å²) in [6.07, 6.45) is 0. The Labute approximate surface area is 121 Å². The zero-order valence-corrected chi connectivity index (χ0v) is 12.4. The Morgan fingerprint density at radius 1 is 1.47 bits per heavy atom. The molecule has 0 aliphatic heterocycles. The lowest BCUT2D eigenvalue weighted by Crippen LogP contribution is -2.26. The minimum Gasteiger partial charge on any atom is -0.368 e. The molecule has 0 radical (unpaired) electrons. The van der Waals surface area contributed by atoms with Gasteiger partial charge in [-0.2, -0.15) is 16.3 Å². The van der Waals surface area contributed by atoms with Crippen molar-refractivity contribution in [3.8, 4) is 0 Å². The van der Waals surface area contributed by atoms with Crippen LogP contribution < -0.4 is 11.1 Å². The molecule has 0 bridgehead atoms. The molecule has 3 N–H and O–H groups in total. The van der Waals surface area contributed by atoms with Crippen LogP contribution in [0, 0.1) is 0 Å². The third kappa shape index (κ3) is 3.79. The van der Waals surface area contributed by atoms with Crippen LogP contribution in [0.2, 0.25) is 5.15 Å². The summed E-state index contributed by atoms with van der Waals surface area (Å²) in [5, 5.41) is 7.80. The van der Waals surface area contributed by atoms with Crippen molar-refractivity contribution in [1.29, 1.82) is 0 Å². The third-order valence-corrected chi connectivity index (χ3v) is 3.64. The number of hydrogen-bond acceptors (Lipinski definition) is 6. The molecule has 5 nitrogen and oxygen atoms in total. The minimum atomic E-state index is 0.173. The first kappa shape index (κ1) is 14.0. The number of anilines is 2. The average Bonchev–Trinajstić information content (AvgIpc) is 2.81. The van der Waals surface area contributed by atoms with Gasteiger partial charge in [0, 0.05) is 12.6 Å². The van der Waals surface area contributed by atoms with E-state index in [0.717, 1.165) is 6.54 Å². The summed E-state index contributed by atoms with van der Waals surface area (Å²) in [4.78, 5) is 10.1. The summed E-state index contributed by atoms with van der Waals surface area (Å²) < 4.78 is 0. The summed E-state index contributed by atoms with van der Waals surface area (Å²) in [6, 6.07) is 4.05. The van der Waals surface area contributed by atoms with Crippen LogP contribution in [-0.2, 0) is 0 Å². The largest absolute Gasteiger partial charge is 0.368 e. The van der Waals surface area contributed by atoms with Crippen LogP contribution in [0.3, 0.4) is 0 Å². The van der Waals surface area contributed by atoms with Gasteiger partial charge in [0.05, 0.1) is 6.04 Å². The monoisotopic (exact) mass is 297 g/mol. The van der Waals surface area contributed by atoms with Gasteiger partial charge in [0.1, 0.15) is 11.0 Å². The molecule has 0 aliphatic rings. The molecule has 0 saturated heterocycles. The van der Waals surface area contributed by atoms with Gasteiger partial charge in [-0.3, -0.25) is 0 Å². The second-order valence-corrected chi connectivity index (χ2v) is 5.52. The van der Waals surface area contributed by atoms with Crippen molar-refractivity contribution in [2.75, 3.05) is 31.7 Å². The molecular weight excluding hydrogens is 282 g/mol. The number of hydrogen-bond donors (Lipinski definition) is 2. The summed E-state index contributed by atoms with van der Waals surface area (Å²) in [6.45, 7) is 0.719. The van der Waals surface area contributed by atoms with Crippen LogP contribution in [0.5, 0.6) is 0 Å². The first-order valence-electron chi connectivity index (χ1n) is 5.78. The molecular formula is C12H16ClN5S. The Morgan fingerprint density at radius 3 is 2.84 bits per heavy atom. The van der Waals surface area contributed by atoms with Crippen molar-refractivity contribution >= 4 is 34.7 Å². The molecule has 19 heavy (non-hydrogen) atoms. The van der Waals surface area contributed by atoms with Crippen molar-refractivity contribution in [2.24, 2.45) is 0 Å². The standard InChI is InChI=1S/C12H16ClN5S/c1-18(2)9(8-3-4-19-7-8)6-15-11-5-10(13)16-12(14)17-11/h3-5,7,9H,6H2,1-2H3,(H3,14,15,16,17)/t9-/m0/s1. The van der Waals surface area contributed by atoms with Crippen molar-refractivity contribution in [2.45, 2.75) is 6.04 Å². The van der Waals surface area contributed by atoms with Gasteiger partial charge in [-0.1, -0.05) is 11.6 Å². The molecule has 7 heteroatoms. The molecule has 0 fully saturated rings. The van der Waals surface area contributed by atoms with Gasteiger partial charge in [-0.25, -0.2) is 4.98 Å². The molecule has 0 aromatic carbocycles. The number of rotatable bonds is 5. The van der Waals surface area contributed by atoms with Crippen molar-refractivity contribution < 1.29 is 0 Å². The number of halogens is 1. The Bertz CT molecular complexity index is 509. The maximum absolute atomic E-state index is 5.85. The maximum atomic E-state index is 5.85. The van der Waals surface area contributed by atoms with Crippen LogP contribution in [0.1, 0.15) is 11.6 Å². The van der Waals surface area contributed by atoms with Crippen molar-refractivity contribution in [3.63, 3.8) is 0 Å². The molecule has 2 heterocycles. The molecule has 0 aliphatic carbocycles. The smallest absolute Gasteiger partial charge is 0.223 e. The fraction of sp³-hybridized carbons (Fsp3) is 0.333. The second kappa shape index (κ2) is 6.18. The van der Waals surface area contributed by atoms with E-state index < -0.39 is 0 Å². The molecule has 2 rings (SSSR count). The van der Waals surface area contributed by atoms with Gasteiger partial charge in [0.2, 0.25) is 5.95 Å². The van der Waals surface area contributed by atoms with E-state index in [2.05, 4.69) is 37.0 Å². The number of nitrogens with zero attached hydrogens (tertiary/aromatic N) is 3. The van der Waals surface area contributed by atoms with Gasteiger partial charge in [0.25, 0.3) is 0 Å². The van der Waals surface area contributed by atoms with E-state index in [1.54, 1.807) is 17.4 Å². The summed E-state index contributed by atoms with van der Waals surface area (Å²) >= 11 is 7.54. The highest BCUT2D eigenvalue weighted by Gasteiger charge is 2.14. The lowest BCUT2D eigenvalue weighted by Gasteiger charge is -2.24. The predicted molar refractivity (Wildman–Crippen MR) is 80.7 cm³/mol. The van der Waals surface area contributed by atoms with Gasteiger partial charge in [-0.15, -0.1) is 0 Å². The number of likely N-dealkylation sites (N-methyl/N-ethyl adjacent to an activating group) is 1. The van der Waals surface area contributed by atoms with E-state index in [4.69, 9.17) is 17.3 Å². The van der Waals surface area contributed by atoms with E-state index >= 15 is 0 Å². The van der Waals surface area contributed by atoms with Crippen molar-refractivity contribution in [1.82, 2.24) is 14.9 Å². The SMILES string of the molecule is CN(C)[C@@H](CNc1cc(Cl)nc(N)n1)c1ccsc1. The van der Waals surface area contributed by atoms with E-state index in [9.17, 15) is 0 Å². The Balaban J connectivity index is 2.07.